The molecule has 98 valence electrons. The van der Waals surface area contributed by atoms with E-state index in [1.165, 1.54) is 0 Å². The van der Waals surface area contributed by atoms with Gasteiger partial charge in [-0.05, 0) is 19.8 Å². The highest BCUT2D eigenvalue weighted by Gasteiger charge is 2.42. The lowest BCUT2D eigenvalue weighted by atomic mass is 9.86. The maximum atomic E-state index is 12.1. The van der Waals surface area contributed by atoms with Gasteiger partial charge in [-0.2, -0.15) is 0 Å². The van der Waals surface area contributed by atoms with Gasteiger partial charge in [0.1, 0.15) is 5.82 Å². The molecule has 5 nitrogen and oxygen atoms in total. The summed E-state index contributed by atoms with van der Waals surface area (Å²) >= 11 is 0. The van der Waals surface area contributed by atoms with E-state index in [1.807, 2.05) is 6.92 Å². The first kappa shape index (κ1) is 12.8. The molecule has 5 heteroatoms. The molecule has 0 aliphatic heterocycles. The molecule has 0 unspecified atom stereocenters. The highest BCUT2D eigenvalue weighted by molar-refractivity contribution is 5.78. The van der Waals surface area contributed by atoms with Crippen LogP contribution in [0.1, 0.15) is 32.6 Å². The van der Waals surface area contributed by atoms with Crippen LogP contribution in [0.3, 0.4) is 0 Å². The van der Waals surface area contributed by atoms with E-state index >= 15 is 0 Å². The van der Waals surface area contributed by atoms with Crippen LogP contribution in [0.15, 0.2) is 18.6 Å². The molecule has 0 aromatic carbocycles. The maximum absolute atomic E-state index is 12.1. The zero-order valence-corrected chi connectivity index (χ0v) is 10.7. The van der Waals surface area contributed by atoms with Crippen molar-refractivity contribution >= 4 is 11.8 Å². The van der Waals surface area contributed by atoms with Crippen molar-refractivity contribution in [1.82, 2.24) is 9.97 Å². The lowest BCUT2D eigenvalue weighted by molar-refractivity contribution is -0.154. The summed E-state index contributed by atoms with van der Waals surface area (Å²) in [6, 6.07) is 0. The lowest BCUT2D eigenvalue weighted by Crippen LogP contribution is -2.37. The van der Waals surface area contributed by atoms with Crippen molar-refractivity contribution in [2.45, 2.75) is 32.6 Å². The smallest absolute Gasteiger partial charge is 0.313 e. The number of hydrogen-bond donors (Lipinski definition) is 1. The topological polar surface area (TPSA) is 64.1 Å². The molecule has 1 aliphatic carbocycles. The Labute approximate surface area is 107 Å². The van der Waals surface area contributed by atoms with Gasteiger partial charge in [-0.1, -0.05) is 12.8 Å². The summed E-state index contributed by atoms with van der Waals surface area (Å²) in [6.45, 7) is 2.85. The Balaban J connectivity index is 2.00. The molecular weight excluding hydrogens is 230 g/mol. The molecule has 1 N–H and O–H groups in total. The Bertz CT molecular complexity index is 388. The van der Waals surface area contributed by atoms with Crippen molar-refractivity contribution in [3.8, 4) is 0 Å². The minimum atomic E-state index is -0.381. The second-order valence-electron chi connectivity index (χ2n) is 4.65. The average molecular weight is 249 g/mol. The van der Waals surface area contributed by atoms with Gasteiger partial charge >= 0.3 is 5.97 Å². The van der Waals surface area contributed by atoms with Gasteiger partial charge in [0.15, 0.2) is 0 Å². The highest BCUT2D eigenvalue weighted by atomic mass is 16.5. The van der Waals surface area contributed by atoms with Crippen molar-refractivity contribution in [2.75, 3.05) is 18.5 Å². The average Bonchev–Trinajstić information content (AvgIpc) is 2.88. The van der Waals surface area contributed by atoms with E-state index < -0.39 is 0 Å². The van der Waals surface area contributed by atoms with Crippen LogP contribution in [0, 0.1) is 5.41 Å². The minimum Gasteiger partial charge on any atom is -0.466 e. The first-order valence-corrected chi connectivity index (χ1v) is 6.44. The molecule has 1 fully saturated rings. The molecule has 0 bridgehead atoms. The summed E-state index contributed by atoms with van der Waals surface area (Å²) in [6.07, 6.45) is 8.86. The lowest BCUT2D eigenvalue weighted by Gasteiger charge is -2.26. The Kier molecular flexibility index (Phi) is 4.12. The van der Waals surface area contributed by atoms with E-state index in [4.69, 9.17) is 4.74 Å². The molecule has 1 heterocycles. The van der Waals surface area contributed by atoms with E-state index in [0.717, 1.165) is 25.7 Å². The van der Waals surface area contributed by atoms with Crippen LogP contribution in [-0.4, -0.2) is 29.1 Å². The van der Waals surface area contributed by atoms with Crippen LogP contribution in [0.5, 0.6) is 0 Å². The Morgan fingerprint density at radius 3 is 2.83 bits per heavy atom. The van der Waals surface area contributed by atoms with E-state index in [2.05, 4.69) is 15.3 Å². The fourth-order valence-electron chi connectivity index (χ4n) is 2.44. The second-order valence-corrected chi connectivity index (χ2v) is 4.65. The van der Waals surface area contributed by atoms with Gasteiger partial charge in [-0.25, -0.2) is 4.98 Å². The molecule has 1 aliphatic rings. The number of nitrogens with one attached hydrogen (secondary N) is 1. The molecule has 0 saturated heterocycles. The maximum Gasteiger partial charge on any atom is 0.313 e. The molecule has 1 aromatic rings. The number of nitrogens with zero attached hydrogens (tertiary/aromatic N) is 2. The van der Waals surface area contributed by atoms with Crippen LogP contribution in [-0.2, 0) is 9.53 Å². The number of aromatic nitrogens is 2. The standard InChI is InChI=1S/C13H19N3O2/c1-2-18-12(17)13(5-3-4-6-13)10-16-11-9-14-7-8-15-11/h7-9H,2-6,10H2,1H3,(H,15,16). The number of carbonyl (C=O) groups is 1. The van der Waals surface area contributed by atoms with Gasteiger partial charge in [-0.3, -0.25) is 9.78 Å². The molecule has 1 saturated carbocycles. The van der Waals surface area contributed by atoms with E-state index in [1.54, 1.807) is 18.6 Å². The van der Waals surface area contributed by atoms with Gasteiger partial charge in [0, 0.05) is 18.9 Å². The van der Waals surface area contributed by atoms with Crippen molar-refractivity contribution < 1.29 is 9.53 Å². The van der Waals surface area contributed by atoms with Crippen LogP contribution in [0.25, 0.3) is 0 Å². The molecule has 0 spiro atoms. The summed E-state index contributed by atoms with van der Waals surface area (Å²) in [7, 11) is 0. The van der Waals surface area contributed by atoms with Crippen LogP contribution in [0.4, 0.5) is 5.82 Å². The summed E-state index contributed by atoms with van der Waals surface area (Å²) in [5.41, 5.74) is -0.381. The largest absolute Gasteiger partial charge is 0.466 e. The number of hydrogen-bond acceptors (Lipinski definition) is 5. The van der Waals surface area contributed by atoms with Crippen LogP contribution >= 0.6 is 0 Å². The summed E-state index contributed by atoms with van der Waals surface area (Å²) in [5.74, 6) is 0.618. The zero-order chi connectivity index (χ0) is 12.8. The summed E-state index contributed by atoms with van der Waals surface area (Å²) in [5, 5.41) is 3.19. The summed E-state index contributed by atoms with van der Waals surface area (Å²) < 4.78 is 5.20. The number of esters is 1. The Morgan fingerprint density at radius 1 is 1.44 bits per heavy atom. The first-order valence-electron chi connectivity index (χ1n) is 6.44. The van der Waals surface area contributed by atoms with Gasteiger partial charge in [-0.15, -0.1) is 0 Å². The molecule has 0 atom stereocenters. The molecule has 0 amide bonds. The number of ether oxygens (including phenoxy) is 1. The fraction of sp³-hybridized carbons (Fsp3) is 0.615. The molecule has 0 radical (unpaired) electrons. The molecule has 1 aromatic heterocycles. The highest BCUT2D eigenvalue weighted by Crippen LogP contribution is 2.39. The Hall–Kier alpha value is -1.65. The van der Waals surface area contributed by atoms with E-state index in [-0.39, 0.29) is 11.4 Å². The van der Waals surface area contributed by atoms with Gasteiger partial charge in [0.25, 0.3) is 0 Å². The van der Waals surface area contributed by atoms with Gasteiger partial charge in [0.05, 0.1) is 18.2 Å². The minimum absolute atomic E-state index is 0.0844. The number of rotatable bonds is 5. The van der Waals surface area contributed by atoms with Crippen molar-refractivity contribution in [3.05, 3.63) is 18.6 Å². The number of carbonyl (C=O) groups excluding carboxylic acids is 1. The third kappa shape index (κ3) is 2.78. The predicted molar refractivity (Wildman–Crippen MR) is 68.1 cm³/mol. The van der Waals surface area contributed by atoms with Crippen LogP contribution in [0.2, 0.25) is 0 Å². The zero-order valence-electron chi connectivity index (χ0n) is 10.7. The monoisotopic (exact) mass is 249 g/mol. The first-order chi connectivity index (χ1) is 8.77. The third-order valence-corrected chi connectivity index (χ3v) is 3.44. The van der Waals surface area contributed by atoms with Gasteiger partial charge in [0.2, 0.25) is 0 Å². The summed E-state index contributed by atoms with van der Waals surface area (Å²) in [4.78, 5) is 20.2. The predicted octanol–water partition coefficient (Wildman–Crippen LogP) is 2.01. The van der Waals surface area contributed by atoms with Crippen molar-refractivity contribution in [1.29, 1.82) is 0 Å². The van der Waals surface area contributed by atoms with Crippen LogP contribution < -0.4 is 5.32 Å². The second kappa shape index (κ2) is 5.80. The third-order valence-electron chi connectivity index (χ3n) is 3.44. The Morgan fingerprint density at radius 2 is 2.22 bits per heavy atom. The van der Waals surface area contributed by atoms with E-state index in [9.17, 15) is 4.79 Å². The molecular formula is C13H19N3O2. The fourth-order valence-corrected chi connectivity index (χ4v) is 2.44. The number of anilines is 1. The normalized spacial score (nSPS) is 17.4. The SMILES string of the molecule is CCOC(=O)C1(CNc2cnccn2)CCCC1. The van der Waals surface area contributed by atoms with Crippen molar-refractivity contribution in [2.24, 2.45) is 5.41 Å². The van der Waals surface area contributed by atoms with Gasteiger partial charge < -0.3 is 10.1 Å². The quantitative estimate of drug-likeness (QED) is 0.809. The van der Waals surface area contributed by atoms with E-state index in [0.29, 0.717) is 19.0 Å². The van der Waals surface area contributed by atoms with Crippen molar-refractivity contribution in [3.63, 3.8) is 0 Å². The molecule has 18 heavy (non-hydrogen) atoms. The molecule has 2 rings (SSSR count).